The number of rotatable bonds is 2. The number of nitro benzene ring substituents is 1. The van der Waals surface area contributed by atoms with Crippen LogP contribution in [0.2, 0.25) is 0 Å². The van der Waals surface area contributed by atoms with Crippen LogP contribution < -0.4 is 10.6 Å². The number of nitro groups is 1. The molecule has 1 amide bonds. The van der Waals surface area contributed by atoms with Crippen LogP contribution in [0, 0.1) is 22.0 Å². The first-order chi connectivity index (χ1) is 11.5. The number of thioether (sulfide) groups is 1. The first-order valence-electron chi connectivity index (χ1n) is 8.23. The van der Waals surface area contributed by atoms with Gasteiger partial charge in [0.15, 0.2) is 0 Å². The topological polar surface area (TPSA) is 84.3 Å². The van der Waals surface area contributed by atoms with Crippen LogP contribution in [0.1, 0.15) is 37.9 Å². The van der Waals surface area contributed by atoms with Crippen LogP contribution in [0.3, 0.4) is 0 Å². The van der Waals surface area contributed by atoms with Crippen molar-refractivity contribution >= 4 is 23.4 Å². The molecule has 2 N–H and O–H groups in total. The fraction of sp³-hybridized carbons (Fsp3) is 0.471. The van der Waals surface area contributed by atoms with Crippen molar-refractivity contribution in [2.75, 3.05) is 0 Å². The smallest absolute Gasteiger partial charge is 0.276 e. The number of benzene rings is 1. The molecule has 3 aliphatic rings. The van der Waals surface area contributed by atoms with Crippen molar-refractivity contribution in [2.45, 2.75) is 37.7 Å². The molecule has 0 saturated carbocycles. The Hall–Kier alpha value is -1.86. The predicted molar refractivity (Wildman–Crippen MR) is 92.0 cm³/mol. The van der Waals surface area contributed by atoms with Gasteiger partial charge in [-0.25, -0.2) is 0 Å². The second-order valence-corrected chi connectivity index (χ2v) is 7.97. The fourth-order valence-corrected chi connectivity index (χ4v) is 5.57. The van der Waals surface area contributed by atoms with Crippen molar-refractivity contribution in [1.29, 1.82) is 0 Å². The van der Waals surface area contributed by atoms with E-state index in [-0.39, 0.29) is 22.9 Å². The summed E-state index contributed by atoms with van der Waals surface area (Å²) in [5, 5.41) is 17.6. The monoisotopic (exact) mass is 345 g/mol. The van der Waals surface area contributed by atoms with E-state index >= 15 is 0 Å². The second kappa shape index (κ2) is 5.89. The largest absolute Gasteiger partial charge is 0.336 e. The highest BCUT2D eigenvalue weighted by Crippen LogP contribution is 2.51. The number of nitrogens with one attached hydrogen (secondary N) is 2. The van der Waals surface area contributed by atoms with Gasteiger partial charge in [0.2, 0.25) is 5.91 Å². The summed E-state index contributed by atoms with van der Waals surface area (Å²) in [5.41, 5.74) is 1.81. The van der Waals surface area contributed by atoms with E-state index in [2.05, 4.69) is 17.6 Å². The van der Waals surface area contributed by atoms with Crippen LogP contribution in [-0.4, -0.2) is 16.2 Å². The summed E-state index contributed by atoms with van der Waals surface area (Å²) in [7, 11) is 0. The SMILES string of the molecule is CC1CCC2=C(C1)SC1NC(c3ccccc3[N+](=O)[O-])NC(=O)C21. The average molecular weight is 345 g/mol. The number of carbonyl (C=O) groups excluding carboxylic acids is 1. The molecule has 1 aromatic carbocycles. The van der Waals surface area contributed by atoms with Crippen LogP contribution in [-0.2, 0) is 4.79 Å². The van der Waals surface area contributed by atoms with Crippen LogP contribution in [0.4, 0.5) is 5.69 Å². The third-order valence-corrected chi connectivity index (χ3v) is 6.47. The minimum atomic E-state index is -0.522. The molecule has 0 bridgehead atoms. The van der Waals surface area contributed by atoms with Crippen molar-refractivity contribution in [3.05, 3.63) is 50.4 Å². The Morgan fingerprint density at radius 3 is 2.92 bits per heavy atom. The summed E-state index contributed by atoms with van der Waals surface area (Å²) in [6.45, 7) is 2.25. The van der Waals surface area contributed by atoms with Gasteiger partial charge in [0, 0.05) is 6.07 Å². The van der Waals surface area contributed by atoms with E-state index in [1.165, 1.54) is 16.5 Å². The van der Waals surface area contributed by atoms with Crippen molar-refractivity contribution < 1.29 is 9.72 Å². The summed E-state index contributed by atoms with van der Waals surface area (Å²) in [6.07, 6.45) is 2.63. The predicted octanol–water partition coefficient (Wildman–Crippen LogP) is 3.08. The van der Waals surface area contributed by atoms with Gasteiger partial charge in [-0.15, -0.1) is 11.8 Å². The molecule has 4 atom stereocenters. The number of para-hydroxylation sites is 1. The zero-order valence-corrected chi connectivity index (χ0v) is 14.1. The molecule has 2 aliphatic heterocycles. The first kappa shape index (κ1) is 15.7. The number of fused-ring (bicyclic) bond motifs is 2. The lowest BCUT2D eigenvalue weighted by Gasteiger charge is -2.34. The minimum Gasteiger partial charge on any atom is -0.336 e. The molecule has 1 fully saturated rings. The number of amides is 1. The third kappa shape index (κ3) is 2.52. The van der Waals surface area contributed by atoms with Gasteiger partial charge < -0.3 is 5.32 Å². The van der Waals surface area contributed by atoms with Gasteiger partial charge >= 0.3 is 0 Å². The number of nitrogens with zero attached hydrogens (tertiary/aromatic N) is 1. The van der Waals surface area contributed by atoms with Gasteiger partial charge in [-0.05, 0) is 41.7 Å². The van der Waals surface area contributed by atoms with Crippen LogP contribution in [0.15, 0.2) is 34.7 Å². The lowest BCUT2D eigenvalue weighted by Crippen LogP contribution is -2.54. The fourth-order valence-electron chi connectivity index (χ4n) is 3.88. The zero-order chi connectivity index (χ0) is 16.8. The molecule has 6 nitrogen and oxygen atoms in total. The Kier molecular flexibility index (Phi) is 3.85. The van der Waals surface area contributed by atoms with Gasteiger partial charge in [-0.3, -0.25) is 20.2 Å². The summed E-state index contributed by atoms with van der Waals surface area (Å²) in [4.78, 5) is 24.9. The van der Waals surface area contributed by atoms with Crippen molar-refractivity contribution in [3.63, 3.8) is 0 Å². The molecule has 24 heavy (non-hydrogen) atoms. The Morgan fingerprint density at radius 2 is 2.12 bits per heavy atom. The standard InChI is InChI=1S/C17H19N3O3S/c1-9-6-7-11-13(8-9)24-17-14(11)16(21)18-15(19-17)10-4-2-3-5-12(10)20(22)23/h2-5,9,14-15,17,19H,6-8H2,1H3,(H,18,21). The number of carbonyl (C=O) groups is 1. The van der Waals surface area contributed by atoms with E-state index < -0.39 is 11.1 Å². The van der Waals surface area contributed by atoms with Gasteiger partial charge in [-0.1, -0.05) is 19.1 Å². The normalized spacial score (nSPS) is 32.1. The van der Waals surface area contributed by atoms with Gasteiger partial charge in [-0.2, -0.15) is 0 Å². The summed E-state index contributed by atoms with van der Waals surface area (Å²) in [5.74, 6) is 0.496. The van der Waals surface area contributed by atoms with E-state index in [0.717, 1.165) is 19.3 Å². The maximum Gasteiger partial charge on any atom is 0.276 e. The molecule has 0 aromatic heterocycles. The van der Waals surface area contributed by atoms with E-state index in [1.807, 2.05) is 0 Å². The third-order valence-electron chi connectivity index (χ3n) is 5.09. The van der Waals surface area contributed by atoms with E-state index in [4.69, 9.17) is 0 Å². The highest BCUT2D eigenvalue weighted by atomic mass is 32.2. The summed E-state index contributed by atoms with van der Waals surface area (Å²) in [6, 6.07) is 6.57. The number of hydrogen-bond acceptors (Lipinski definition) is 5. The van der Waals surface area contributed by atoms with Gasteiger partial charge in [0.1, 0.15) is 6.17 Å². The number of hydrogen-bond donors (Lipinski definition) is 2. The van der Waals surface area contributed by atoms with E-state index in [9.17, 15) is 14.9 Å². The molecule has 1 aliphatic carbocycles. The zero-order valence-electron chi connectivity index (χ0n) is 13.3. The molecular formula is C17H19N3O3S. The quantitative estimate of drug-likeness (QED) is 0.636. The maximum absolute atomic E-state index is 12.7. The van der Waals surface area contributed by atoms with Crippen LogP contribution >= 0.6 is 11.8 Å². The molecular weight excluding hydrogens is 326 g/mol. The molecule has 4 unspecified atom stereocenters. The molecule has 7 heteroatoms. The van der Waals surface area contributed by atoms with Crippen molar-refractivity contribution in [1.82, 2.24) is 10.6 Å². The highest BCUT2D eigenvalue weighted by Gasteiger charge is 2.46. The highest BCUT2D eigenvalue weighted by molar-refractivity contribution is 8.04. The Balaban J connectivity index is 1.61. The maximum atomic E-state index is 12.7. The summed E-state index contributed by atoms with van der Waals surface area (Å²) >= 11 is 1.74. The molecule has 2 heterocycles. The Morgan fingerprint density at radius 1 is 1.33 bits per heavy atom. The van der Waals surface area contributed by atoms with E-state index in [0.29, 0.717) is 11.5 Å². The molecule has 1 saturated heterocycles. The molecule has 1 aromatic rings. The minimum absolute atomic E-state index is 0.0195. The first-order valence-corrected chi connectivity index (χ1v) is 9.11. The molecule has 126 valence electrons. The van der Waals surface area contributed by atoms with Gasteiger partial charge in [0.25, 0.3) is 5.69 Å². The molecule has 0 radical (unpaired) electrons. The van der Waals surface area contributed by atoms with E-state index in [1.54, 1.807) is 30.0 Å². The lowest BCUT2D eigenvalue weighted by molar-refractivity contribution is -0.385. The number of allylic oxidation sites excluding steroid dienone is 1. The second-order valence-electron chi connectivity index (χ2n) is 6.74. The Bertz CT molecular complexity index is 748. The average Bonchev–Trinajstić information content (AvgIpc) is 2.92. The van der Waals surface area contributed by atoms with Crippen LogP contribution in [0.5, 0.6) is 0 Å². The van der Waals surface area contributed by atoms with Crippen molar-refractivity contribution in [3.8, 4) is 0 Å². The van der Waals surface area contributed by atoms with Crippen LogP contribution in [0.25, 0.3) is 0 Å². The molecule has 0 spiro atoms. The lowest BCUT2D eigenvalue weighted by atomic mass is 9.83. The Labute approximate surface area is 144 Å². The summed E-state index contributed by atoms with van der Waals surface area (Å²) < 4.78 is 0. The van der Waals surface area contributed by atoms with Gasteiger partial charge in [0.05, 0.1) is 21.8 Å². The molecule has 4 rings (SSSR count). The van der Waals surface area contributed by atoms with Crippen molar-refractivity contribution in [2.24, 2.45) is 11.8 Å².